The largest absolute Gasteiger partial charge is 0.482 e. The van der Waals surface area contributed by atoms with Crippen molar-refractivity contribution in [2.45, 2.75) is 0 Å². The van der Waals surface area contributed by atoms with Crippen LogP contribution in [-0.2, 0) is 4.79 Å². The number of nitrogens with zero attached hydrogens (tertiary/aromatic N) is 1. The summed E-state index contributed by atoms with van der Waals surface area (Å²) in [6.45, 7) is 3.91. The lowest BCUT2D eigenvalue weighted by molar-refractivity contribution is -0.121. The van der Waals surface area contributed by atoms with Gasteiger partial charge in [0.2, 0.25) is 0 Å². The maximum Gasteiger partial charge on any atom is 0.291 e. The van der Waals surface area contributed by atoms with Crippen molar-refractivity contribution < 1.29 is 18.7 Å². The van der Waals surface area contributed by atoms with Gasteiger partial charge in [0.1, 0.15) is 11.3 Å². The molecule has 1 aromatic heterocycles. The minimum atomic E-state index is -0.600. The van der Waals surface area contributed by atoms with E-state index in [-0.39, 0.29) is 29.3 Å². The van der Waals surface area contributed by atoms with E-state index in [1.807, 2.05) is 0 Å². The first-order chi connectivity index (χ1) is 14.0. The molecule has 29 heavy (non-hydrogen) atoms. The van der Waals surface area contributed by atoms with Gasteiger partial charge in [0.25, 0.3) is 11.8 Å². The average molecular weight is 411 g/mol. The van der Waals surface area contributed by atoms with Crippen LogP contribution in [-0.4, -0.2) is 25.0 Å². The first-order valence-electron chi connectivity index (χ1n) is 8.69. The summed E-state index contributed by atoms with van der Waals surface area (Å²) in [5, 5.41) is 3.36. The molecule has 0 unspecified atom stereocenters. The van der Waals surface area contributed by atoms with Crippen LogP contribution in [0.5, 0.6) is 5.75 Å². The van der Waals surface area contributed by atoms with Gasteiger partial charge in [-0.15, -0.1) is 6.58 Å². The van der Waals surface area contributed by atoms with Gasteiger partial charge in [-0.3, -0.25) is 14.4 Å². The molecule has 2 heterocycles. The second kappa shape index (κ2) is 7.44. The Balaban J connectivity index is 1.65. The van der Waals surface area contributed by atoms with Crippen LogP contribution in [0.1, 0.15) is 10.6 Å². The van der Waals surface area contributed by atoms with Gasteiger partial charge >= 0.3 is 0 Å². The molecule has 0 radical (unpaired) electrons. The van der Waals surface area contributed by atoms with Gasteiger partial charge in [-0.05, 0) is 36.4 Å². The molecule has 7 nitrogen and oxygen atoms in total. The molecule has 146 valence electrons. The van der Waals surface area contributed by atoms with E-state index in [0.29, 0.717) is 34.1 Å². The van der Waals surface area contributed by atoms with Gasteiger partial charge in [0.15, 0.2) is 17.8 Å². The summed E-state index contributed by atoms with van der Waals surface area (Å²) < 4.78 is 11.0. The van der Waals surface area contributed by atoms with E-state index >= 15 is 0 Å². The molecular formula is C21H15ClN2O5. The third-order valence-electron chi connectivity index (χ3n) is 4.38. The lowest BCUT2D eigenvalue weighted by Gasteiger charge is -2.28. The maximum absolute atomic E-state index is 12.6. The monoisotopic (exact) mass is 410 g/mol. The molecule has 1 N–H and O–H groups in total. The Morgan fingerprint density at radius 1 is 1.21 bits per heavy atom. The highest BCUT2D eigenvalue weighted by atomic mass is 35.5. The number of benzene rings is 2. The zero-order chi connectivity index (χ0) is 20.5. The van der Waals surface area contributed by atoms with Gasteiger partial charge in [0.05, 0.1) is 11.1 Å². The van der Waals surface area contributed by atoms with E-state index < -0.39 is 5.91 Å². The zero-order valence-corrected chi connectivity index (χ0v) is 15.9. The lowest BCUT2D eigenvalue weighted by atomic mass is 10.2. The fourth-order valence-corrected chi connectivity index (χ4v) is 3.21. The number of nitrogens with one attached hydrogen (secondary N) is 1. The van der Waals surface area contributed by atoms with Crippen molar-refractivity contribution in [2.75, 3.05) is 23.4 Å². The number of halogens is 1. The van der Waals surface area contributed by atoms with Crippen LogP contribution in [0.25, 0.3) is 11.0 Å². The Labute approximate surface area is 170 Å². The number of carbonyl (C=O) groups excluding carboxylic acids is 2. The zero-order valence-electron chi connectivity index (χ0n) is 15.1. The van der Waals surface area contributed by atoms with E-state index in [0.717, 1.165) is 6.07 Å². The van der Waals surface area contributed by atoms with Crippen LogP contribution >= 0.6 is 11.6 Å². The predicted octanol–water partition coefficient (Wildman–Crippen LogP) is 3.61. The molecule has 0 aliphatic carbocycles. The highest BCUT2D eigenvalue weighted by molar-refractivity contribution is 6.31. The van der Waals surface area contributed by atoms with Crippen molar-refractivity contribution in [3.05, 3.63) is 76.1 Å². The van der Waals surface area contributed by atoms with Crippen LogP contribution < -0.4 is 20.4 Å². The quantitative estimate of drug-likeness (QED) is 0.664. The Bertz CT molecular complexity index is 1220. The van der Waals surface area contributed by atoms with Gasteiger partial charge in [-0.25, -0.2) is 0 Å². The van der Waals surface area contributed by atoms with Crippen molar-refractivity contribution in [2.24, 2.45) is 0 Å². The lowest BCUT2D eigenvalue weighted by Crippen LogP contribution is -2.38. The smallest absolute Gasteiger partial charge is 0.291 e. The summed E-state index contributed by atoms with van der Waals surface area (Å²) in [6, 6.07) is 10.6. The molecular weight excluding hydrogens is 396 g/mol. The van der Waals surface area contributed by atoms with E-state index in [1.165, 1.54) is 17.0 Å². The van der Waals surface area contributed by atoms with Crippen LogP contribution in [0.4, 0.5) is 11.4 Å². The van der Waals surface area contributed by atoms with E-state index in [1.54, 1.807) is 30.3 Å². The number of amides is 2. The molecule has 0 spiro atoms. The topological polar surface area (TPSA) is 88.9 Å². The van der Waals surface area contributed by atoms with Gasteiger partial charge < -0.3 is 19.4 Å². The Kier molecular flexibility index (Phi) is 4.82. The fraction of sp³-hybridized carbons (Fsp3) is 0.0952. The number of rotatable bonds is 4. The molecule has 1 aliphatic rings. The molecule has 0 bridgehead atoms. The third-order valence-corrected chi connectivity index (χ3v) is 4.62. The van der Waals surface area contributed by atoms with Crippen molar-refractivity contribution in [3.63, 3.8) is 0 Å². The number of ether oxygens (including phenoxy) is 1. The minimum Gasteiger partial charge on any atom is -0.482 e. The van der Waals surface area contributed by atoms with E-state index in [9.17, 15) is 14.4 Å². The number of carbonyl (C=O) groups is 2. The van der Waals surface area contributed by atoms with Crippen LogP contribution in [0.2, 0.25) is 5.02 Å². The maximum atomic E-state index is 12.6. The number of hydrogen-bond donors (Lipinski definition) is 1. The molecule has 0 atom stereocenters. The molecule has 4 rings (SSSR count). The van der Waals surface area contributed by atoms with E-state index in [4.69, 9.17) is 20.8 Å². The number of hydrogen-bond acceptors (Lipinski definition) is 5. The van der Waals surface area contributed by atoms with Gasteiger partial charge in [-0.1, -0.05) is 17.7 Å². The van der Waals surface area contributed by atoms with Gasteiger partial charge in [-0.2, -0.15) is 0 Å². The summed E-state index contributed by atoms with van der Waals surface area (Å²) >= 11 is 5.90. The predicted molar refractivity (Wildman–Crippen MR) is 110 cm³/mol. The first kappa shape index (κ1) is 18.8. The number of anilines is 2. The summed E-state index contributed by atoms with van der Waals surface area (Å²) in [6.07, 6.45) is 1.61. The molecule has 0 saturated carbocycles. The Morgan fingerprint density at radius 2 is 2.03 bits per heavy atom. The van der Waals surface area contributed by atoms with Crippen LogP contribution in [0.15, 0.2) is 64.3 Å². The van der Waals surface area contributed by atoms with Crippen molar-refractivity contribution in [1.29, 1.82) is 0 Å². The summed E-state index contributed by atoms with van der Waals surface area (Å²) in [5.74, 6) is -0.423. The third kappa shape index (κ3) is 3.60. The highest BCUT2D eigenvalue weighted by Gasteiger charge is 2.25. The normalized spacial score (nSPS) is 13.0. The SMILES string of the molecule is C=CCN1C(=O)COc2ccc(NC(=O)c3cc(=O)c4cc(Cl)ccc4o3)cc21. The van der Waals surface area contributed by atoms with Crippen molar-refractivity contribution >= 4 is 45.8 Å². The summed E-state index contributed by atoms with van der Waals surface area (Å²) in [4.78, 5) is 38.5. The second-order valence-corrected chi connectivity index (χ2v) is 6.77. The van der Waals surface area contributed by atoms with E-state index in [2.05, 4.69) is 11.9 Å². The Morgan fingerprint density at radius 3 is 2.83 bits per heavy atom. The molecule has 1 aliphatic heterocycles. The summed E-state index contributed by atoms with van der Waals surface area (Å²) in [7, 11) is 0. The standard InChI is InChI=1S/C21H15ClN2O5/c1-2-7-24-15-9-13(4-6-18(15)28-11-20(24)26)23-21(27)19-10-16(25)14-8-12(22)3-5-17(14)29-19/h2-6,8-10H,1,7,11H2,(H,23,27). The second-order valence-electron chi connectivity index (χ2n) is 6.33. The first-order valence-corrected chi connectivity index (χ1v) is 9.07. The average Bonchev–Trinajstić information content (AvgIpc) is 2.70. The molecule has 8 heteroatoms. The molecule has 0 saturated heterocycles. The molecule has 3 aromatic rings. The molecule has 2 aromatic carbocycles. The Hall–Kier alpha value is -3.58. The van der Waals surface area contributed by atoms with Crippen LogP contribution in [0, 0.1) is 0 Å². The molecule has 0 fully saturated rings. The van der Waals surface area contributed by atoms with Crippen molar-refractivity contribution in [1.82, 2.24) is 0 Å². The fourth-order valence-electron chi connectivity index (χ4n) is 3.04. The van der Waals surface area contributed by atoms with Crippen molar-refractivity contribution in [3.8, 4) is 5.75 Å². The highest BCUT2D eigenvalue weighted by Crippen LogP contribution is 2.34. The van der Waals surface area contributed by atoms with Crippen LogP contribution in [0.3, 0.4) is 0 Å². The number of fused-ring (bicyclic) bond motifs is 2. The van der Waals surface area contributed by atoms with Gasteiger partial charge in [0, 0.05) is 23.3 Å². The summed E-state index contributed by atoms with van der Waals surface area (Å²) in [5.41, 5.74) is 0.822. The molecule has 2 amide bonds. The minimum absolute atomic E-state index is 0.0567.